The molecule has 27 heavy (non-hydrogen) atoms. The summed E-state index contributed by atoms with van der Waals surface area (Å²) < 4.78 is 0. The fourth-order valence-electron chi connectivity index (χ4n) is 3.18. The van der Waals surface area contributed by atoms with Crippen LogP contribution in [0.2, 0.25) is 5.28 Å². The number of rotatable bonds is 6. The lowest BCUT2D eigenvalue weighted by Gasteiger charge is -2.23. The predicted molar refractivity (Wildman–Crippen MR) is 114 cm³/mol. The molecule has 6 heteroatoms. The molecule has 0 saturated heterocycles. The van der Waals surface area contributed by atoms with Crippen molar-refractivity contribution in [3.05, 3.63) is 71.1 Å². The number of hydrogen-bond donors (Lipinski definition) is 0. The van der Waals surface area contributed by atoms with E-state index < -0.39 is 0 Å². The van der Waals surface area contributed by atoms with Crippen molar-refractivity contribution in [2.24, 2.45) is 0 Å². The Morgan fingerprint density at radius 2 is 1.81 bits per heavy atom. The topological polar surface area (TPSA) is 41.9 Å². The number of aromatic nitrogens is 3. The summed E-state index contributed by atoms with van der Waals surface area (Å²) in [5, 5.41) is 3.51. The van der Waals surface area contributed by atoms with Crippen LogP contribution in [0.5, 0.6) is 0 Å². The van der Waals surface area contributed by atoms with Gasteiger partial charge in [0, 0.05) is 36.4 Å². The lowest BCUT2D eigenvalue weighted by atomic mass is 10.1. The van der Waals surface area contributed by atoms with Crippen LogP contribution in [0, 0.1) is 0 Å². The lowest BCUT2D eigenvalue weighted by molar-refractivity contribution is 0.796. The van der Waals surface area contributed by atoms with Crippen LogP contribution in [0.1, 0.15) is 12.5 Å². The van der Waals surface area contributed by atoms with Gasteiger partial charge in [-0.25, -0.2) is 4.98 Å². The van der Waals surface area contributed by atoms with Crippen LogP contribution < -0.4 is 4.90 Å². The molecule has 4 nitrogen and oxygen atoms in total. The highest BCUT2D eigenvalue weighted by Crippen LogP contribution is 2.38. The zero-order chi connectivity index (χ0) is 18.6. The Morgan fingerprint density at radius 1 is 1.04 bits per heavy atom. The van der Waals surface area contributed by atoms with Crippen molar-refractivity contribution < 1.29 is 0 Å². The Morgan fingerprint density at radius 3 is 2.56 bits per heavy atom. The van der Waals surface area contributed by atoms with Gasteiger partial charge in [-0.05, 0) is 48.2 Å². The van der Waals surface area contributed by atoms with E-state index in [0.29, 0.717) is 5.28 Å². The molecule has 0 aliphatic rings. The highest BCUT2D eigenvalue weighted by molar-refractivity contribution is 7.17. The number of nitrogens with zero attached hydrogens (tertiary/aromatic N) is 4. The minimum absolute atomic E-state index is 0.293. The fourth-order valence-corrected chi connectivity index (χ4v) is 4.34. The second kappa shape index (κ2) is 8.03. The van der Waals surface area contributed by atoms with Gasteiger partial charge in [-0.1, -0.05) is 30.3 Å². The molecule has 0 radical (unpaired) electrons. The number of benzene rings is 1. The second-order valence-electron chi connectivity index (χ2n) is 6.20. The van der Waals surface area contributed by atoms with Crippen molar-refractivity contribution in [1.82, 2.24) is 15.0 Å². The van der Waals surface area contributed by atoms with E-state index in [2.05, 4.69) is 68.6 Å². The maximum atomic E-state index is 6.25. The van der Waals surface area contributed by atoms with E-state index in [4.69, 9.17) is 11.6 Å². The average Bonchev–Trinajstić information content (AvgIpc) is 3.13. The van der Waals surface area contributed by atoms with Crippen molar-refractivity contribution in [2.75, 3.05) is 18.0 Å². The van der Waals surface area contributed by atoms with Crippen LogP contribution in [0.3, 0.4) is 0 Å². The summed E-state index contributed by atoms with van der Waals surface area (Å²) in [5.41, 5.74) is 3.58. The first-order valence-corrected chi connectivity index (χ1v) is 10.2. The zero-order valence-corrected chi connectivity index (χ0v) is 16.5. The van der Waals surface area contributed by atoms with Gasteiger partial charge in [0.05, 0.1) is 5.39 Å². The molecule has 4 aromatic rings. The standard InChI is InChI=1S/C21H19ClN4S/c1-2-26(13-10-15-8-11-23-12-9-15)19-18-17(16-6-4-3-5-7-16)14-27-20(18)25-21(22)24-19/h3-9,11-12,14H,2,10,13H2,1H3. The minimum atomic E-state index is 0.293. The van der Waals surface area contributed by atoms with Gasteiger partial charge in [-0.15, -0.1) is 11.3 Å². The Kier molecular flexibility index (Phi) is 5.32. The molecular weight excluding hydrogens is 376 g/mol. The van der Waals surface area contributed by atoms with Crippen molar-refractivity contribution >= 4 is 39.0 Å². The van der Waals surface area contributed by atoms with Crippen LogP contribution >= 0.6 is 22.9 Å². The number of pyridine rings is 1. The summed E-state index contributed by atoms with van der Waals surface area (Å²) >= 11 is 7.86. The third-order valence-corrected chi connectivity index (χ3v) is 5.61. The van der Waals surface area contributed by atoms with E-state index in [0.717, 1.165) is 41.1 Å². The molecule has 3 aromatic heterocycles. The van der Waals surface area contributed by atoms with Gasteiger partial charge in [0.25, 0.3) is 0 Å². The van der Waals surface area contributed by atoms with Crippen LogP contribution in [-0.4, -0.2) is 28.0 Å². The average molecular weight is 395 g/mol. The van der Waals surface area contributed by atoms with Crippen LogP contribution in [-0.2, 0) is 6.42 Å². The first kappa shape index (κ1) is 17.9. The van der Waals surface area contributed by atoms with E-state index in [1.165, 1.54) is 11.1 Å². The molecule has 0 aliphatic heterocycles. The van der Waals surface area contributed by atoms with Crippen molar-refractivity contribution in [1.29, 1.82) is 0 Å². The second-order valence-corrected chi connectivity index (χ2v) is 7.39. The van der Waals surface area contributed by atoms with E-state index >= 15 is 0 Å². The Labute approximate surface area is 167 Å². The molecule has 4 rings (SSSR count). The third-order valence-electron chi connectivity index (χ3n) is 4.57. The summed E-state index contributed by atoms with van der Waals surface area (Å²) in [5.74, 6) is 0.904. The molecule has 136 valence electrons. The van der Waals surface area contributed by atoms with Gasteiger partial charge in [-0.2, -0.15) is 4.98 Å². The smallest absolute Gasteiger partial charge is 0.225 e. The molecule has 0 atom stereocenters. The summed E-state index contributed by atoms with van der Waals surface area (Å²) in [6.45, 7) is 3.84. The first-order valence-electron chi connectivity index (χ1n) is 8.90. The summed E-state index contributed by atoms with van der Waals surface area (Å²) in [6.07, 6.45) is 4.58. The number of hydrogen-bond acceptors (Lipinski definition) is 5. The minimum Gasteiger partial charge on any atom is -0.356 e. The molecule has 0 unspecified atom stereocenters. The molecule has 0 spiro atoms. The largest absolute Gasteiger partial charge is 0.356 e. The maximum Gasteiger partial charge on any atom is 0.225 e. The first-order chi connectivity index (χ1) is 13.3. The molecule has 0 aliphatic carbocycles. The highest BCUT2D eigenvalue weighted by atomic mass is 35.5. The Bertz CT molecular complexity index is 1030. The van der Waals surface area contributed by atoms with Gasteiger partial charge >= 0.3 is 0 Å². The van der Waals surface area contributed by atoms with Gasteiger partial charge in [0.1, 0.15) is 10.6 Å². The summed E-state index contributed by atoms with van der Waals surface area (Å²) in [6, 6.07) is 14.5. The van der Waals surface area contributed by atoms with E-state index in [9.17, 15) is 0 Å². The van der Waals surface area contributed by atoms with Crippen molar-refractivity contribution in [3.8, 4) is 11.1 Å². The van der Waals surface area contributed by atoms with Gasteiger partial charge < -0.3 is 4.90 Å². The monoisotopic (exact) mass is 394 g/mol. The maximum absolute atomic E-state index is 6.25. The summed E-state index contributed by atoms with van der Waals surface area (Å²) in [4.78, 5) is 16.4. The number of likely N-dealkylation sites (N-methyl/N-ethyl adjacent to an activating group) is 1. The van der Waals surface area contributed by atoms with Crippen molar-refractivity contribution in [3.63, 3.8) is 0 Å². The quantitative estimate of drug-likeness (QED) is 0.406. The Balaban J connectivity index is 1.75. The normalized spacial score (nSPS) is 11.0. The van der Waals surface area contributed by atoms with E-state index in [-0.39, 0.29) is 0 Å². The lowest BCUT2D eigenvalue weighted by Crippen LogP contribution is -2.26. The molecule has 0 amide bonds. The van der Waals surface area contributed by atoms with E-state index in [1.54, 1.807) is 11.3 Å². The highest BCUT2D eigenvalue weighted by Gasteiger charge is 2.18. The number of halogens is 1. The SMILES string of the molecule is CCN(CCc1ccncc1)c1nc(Cl)nc2scc(-c3ccccc3)c12. The van der Waals surface area contributed by atoms with E-state index in [1.807, 2.05) is 18.5 Å². The molecule has 1 aromatic carbocycles. The number of fused-ring (bicyclic) bond motifs is 1. The number of anilines is 1. The predicted octanol–water partition coefficient (Wildman–Crippen LogP) is 5.48. The molecular formula is C21H19ClN4S. The van der Waals surface area contributed by atoms with Crippen molar-refractivity contribution in [2.45, 2.75) is 13.3 Å². The molecule has 0 bridgehead atoms. The molecule has 0 fully saturated rings. The van der Waals surface area contributed by atoms with Gasteiger partial charge in [0.2, 0.25) is 5.28 Å². The van der Waals surface area contributed by atoms with Crippen LogP contribution in [0.4, 0.5) is 5.82 Å². The van der Waals surface area contributed by atoms with Crippen LogP contribution in [0.15, 0.2) is 60.2 Å². The fraction of sp³-hybridized carbons (Fsp3) is 0.190. The Hall–Kier alpha value is -2.50. The third kappa shape index (κ3) is 3.80. The van der Waals surface area contributed by atoms with Gasteiger partial charge in [-0.3, -0.25) is 4.98 Å². The zero-order valence-electron chi connectivity index (χ0n) is 15.0. The molecule has 0 saturated carbocycles. The molecule has 0 N–H and O–H groups in total. The molecule has 3 heterocycles. The number of thiophene rings is 1. The summed E-state index contributed by atoms with van der Waals surface area (Å²) in [7, 11) is 0. The van der Waals surface area contributed by atoms with Gasteiger partial charge in [0.15, 0.2) is 0 Å². The van der Waals surface area contributed by atoms with Crippen LogP contribution in [0.25, 0.3) is 21.3 Å².